The first-order valence-corrected chi connectivity index (χ1v) is 4.90. The summed E-state index contributed by atoms with van der Waals surface area (Å²) in [4.78, 5) is 0. The lowest BCUT2D eigenvalue weighted by Crippen LogP contribution is -2.07. The SMILES string of the molecule is CC(Nc1cc(F)ccc1F)c1ccoc1. The lowest BCUT2D eigenvalue weighted by Gasteiger charge is -2.14. The molecule has 0 amide bonds. The highest BCUT2D eigenvalue weighted by atomic mass is 19.1. The largest absolute Gasteiger partial charge is 0.472 e. The summed E-state index contributed by atoms with van der Waals surface area (Å²) in [5.74, 6) is -0.944. The Morgan fingerprint density at radius 2 is 2.06 bits per heavy atom. The predicted octanol–water partition coefficient (Wildman–Crippen LogP) is 3.73. The maximum atomic E-state index is 13.3. The van der Waals surface area contributed by atoms with Crippen molar-refractivity contribution in [2.75, 3.05) is 5.32 Å². The van der Waals surface area contributed by atoms with Crippen LogP contribution in [0.5, 0.6) is 0 Å². The molecule has 2 rings (SSSR count). The Morgan fingerprint density at radius 1 is 1.25 bits per heavy atom. The zero-order valence-electron chi connectivity index (χ0n) is 8.71. The first kappa shape index (κ1) is 10.7. The molecule has 0 fully saturated rings. The lowest BCUT2D eigenvalue weighted by molar-refractivity contribution is 0.561. The number of anilines is 1. The van der Waals surface area contributed by atoms with Gasteiger partial charge in [0.1, 0.15) is 11.6 Å². The fraction of sp³-hybridized carbons (Fsp3) is 0.167. The molecule has 84 valence electrons. The predicted molar refractivity (Wildman–Crippen MR) is 57.1 cm³/mol. The third kappa shape index (κ3) is 2.21. The molecule has 1 unspecified atom stereocenters. The molecule has 0 aliphatic rings. The highest BCUT2D eigenvalue weighted by molar-refractivity contribution is 5.46. The molecule has 1 aromatic carbocycles. The van der Waals surface area contributed by atoms with Crippen LogP contribution in [0.3, 0.4) is 0 Å². The Balaban J connectivity index is 2.17. The fourth-order valence-electron chi connectivity index (χ4n) is 1.45. The van der Waals surface area contributed by atoms with Crippen LogP contribution in [-0.4, -0.2) is 0 Å². The van der Waals surface area contributed by atoms with Crippen LogP contribution in [0.2, 0.25) is 0 Å². The van der Waals surface area contributed by atoms with Crippen LogP contribution in [-0.2, 0) is 0 Å². The van der Waals surface area contributed by atoms with Gasteiger partial charge in [0.15, 0.2) is 0 Å². The van der Waals surface area contributed by atoms with E-state index in [0.29, 0.717) is 0 Å². The molecule has 1 heterocycles. The van der Waals surface area contributed by atoms with Crippen molar-refractivity contribution in [3.05, 3.63) is 54.0 Å². The van der Waals surface area contributed by atoms with Gasteiger partial charge in [-0.3, -0.25) is 0 Å². The maximum Gasteiger partial charge on any atom is 0.146 e. The van der Waals surface area contributed by atoms with Crippen molar-refractivity contribution in [1.82, 2.24) is 0 Å². The second-order valence-corrected chi connectivity index (χ2v) is 3.55. The van der Waals surface area contributed by atoms with Gasteiger partial charge in [-0.2, -0.15) is 0 Å². The van der Waals surface area contributed by atoms with E-state index in [2.05, 4.69) is 5.32 Å². The zero-order chi connectivity index (χ0) is 11.5. The van der Waals surface area contributed by atoms with Gasteiger partial charge in [-0.1, -0.05) is 0 Å². The van der Waals surface area contributed by atoms with Gasteiger partial charge in [-0.05, 0) is 31.2 Å². The fourth-order valence-corrected chi connectivity index (χ4v) is 1.45. The third-order valence-corrected chi connectivity index (χ3v) is 2.34. The van der Waals surface area contributed by atoms with Crippen LogP contribution < -0.4 is 5.32 Å². The Bertz CT molecular complexity index is 468. The summed E-state index contributed by atoms with van der Waals surface area (Å²) < 4.78 is 31.2. The zero-order valence-corrected chi connectivity index (χ0v) is 8.71. The molecule has 0 aliphatic heterocycles. The first-order chi connectivity index (χ1) is 7.66. The Morgan fingerprint density at radius 3 is 2.75 bits per heavy atom. The van der Waals surface area contributed by atoms with E-state index in [1.54, 1.807) is 12.3 Å². The molecule has 0 radical (unpaired) electrons. The Kier molecular flexibility index (Phi) is 2.90. The summed E-state index contributed by atoms with van der Waals surface area (Å²) in [6, 6.07) is 4.94. The van der Waals surface area contributed by atoms with E-state index in [9.17, 15) is 8.78 Å². The van der Waals surface area contributed by atoms with Gasteiger partial charge in [0.25, 0.3) is 0 Å². The topological polar surface area (TPSA) is 25.2 Å². The third-order valence-electron chi connectivity index (χ3n) is 2.34. The number of benzene rings is 1. The Labute approximate surface area is 91.9 Å². The highest BCUT2D eigenvalue weighted by Gasteiger charge is 2.10. The van der Waals surface area contributed by atoms with Crippen LogP contribution in [0, 0.1) is 11.6 Å². The van der Waals surface area contributed by atoms with Gasteiger partial charge in [-0.15, -0.1) is 0 Å². The molecule has 0 spiro atoms. The van der Waals surface area contributed by atoms with Gasteiger partial charge >= 0.3 is 0 Å². The van der Waals surface area contributed by atoms with Crippen molar-refractivity contribution < 1.29 is 13.2 Å². The number of hydrogen-bond donors (Lipinski definition) is 1. The molecular formula is C12H11F2NO. The van der Waals surface area contributed by atoms with Crippen molar-refractivity contribution in [1.29, 1.82) is 0 Å². The first-order valence-electron chi connectivity index (χ1n) is 4.90. The molecule has 0 saturated heterocycles. The van der Waals surface area contributed by atoms with Crippen LogP contribution in [0.25, 0.3) is 0 Å². The summed E-state index contributed by atoms with van der Waals surface area (Å²) >= 11 is 0. The van der Waals surface area contributed by atoms with E-state index < -0.39 is 11.6 Å². The lowest BCUT2D eigenvalue weighted by atomic mass is 10.1. The van der Waals surface area contributed by atoms with Crippen molar-refractivity contribution in [3.63, 3.8) is 0 Å². The minimum atomic E-state index is -0.475. The number of rotatable bonds is 3. The normalized spacial score (nSPS) is 12.4. The minimum absolute atomic E-state index is 0.143. The summed E-state index contributed by atoms with van der Waals surface area (Å²) in [5.41, 5.74) is 1.03. The van der Waals surface area contributed by atoms with Gasteiger partial charge in [-0.25, -0.2) is 8.78 Å². The van der Waals surface area contributed by atoms with Crippen molar-refractivity contribution in [2.45, 2.75) is 13.0 Å². The standard InChI is InChI=1S/C12H11F2NO/c1-8(9-4-5-16-7-9)15-12-6-10(13)2-3-11(12)14/h2-8,15H,1H3. The molecule has 2 nitrogen and oxygen atoms in total. The average molecular weight is 223 g/mol. The minimum Gasteiger partial charge on any atom is -0.472 e. The van der Waals surface area contributed by atoms with E-state index >= 15 is 0 Å². The summed E-state index contributed by atoms with van der Waals surface area (Å²) in [6.07, 6.45) is 3.10. The summed E-state index contributed by atoms with van der Waals surface area (Å²) in [7, 11) is 0. The number of halogens is 2. The summed E-state index contributed by atoms with van der Waals surface area (Å²) in [5, 5.41) is 2.88. The number of nitrogens with one attached hydrogen (secondary N) is 1. The molecular weight excluding hydrogens is 212 g/mol. The van der Waals surface area contributed by atoms with E-state index in [4.69, 9.17) is 4.42 Å². The number of hydrogen-bond acceptors (Lipinski definition) is 2. The monoisotopic (exact) mass is 223 g/mol. The van der Waals surface area contributed by atoms with Crippen molar-refractivity contribution >= 4 is 5.69 Å². The molecule has 1 atom stereocenters. The van der Waals surface area contributed by atoms with Crippen LogP contribution in [0.15, 0.2) is 41.2 Å². The van der Waals surface area contributed by atoms with E-state index in [1.807, 2.05) is 6.92 Å². The van der Waals surface area contributed by atoms with E-state index in [-0.39, 0.29) is 11.7 Å². The highest BCUT2D eigenvalue weighted by Crippen LogP contribution is 2.22. The summed E-state index contributed by atoms with van der Waals surface area (Å²) in [6.45, 7) is 1.84. The molecule has 0 saturated carbocycles. The maximum absolute atomic E-state index is 13.3. The molecule has 1 aromatic heterocycles. The van der Waals surface area contributed by atoms with Crippen molar-refractivity contribution in [2.24, 2.45) is 0 Å². The Hall–Kier alpha value is -1.84. The number of furan rings is 1. The molecule has 0 aliphatic carbocycles. The van der Waals surface area contributed by atoms with E-state index in [0.717, 1.165) is 23.8 Å². The second kappa shape index (κ2) is 4.35. The quantitative estimate of drug-likeness (QED) is 0.857. The molecule has 0 bridgehead atoms. The van der Waals surface area contributed by atoms with Gasteiger partial charge in [0, 0.05) is 5.56 Å². The van der Waals surface area contributed by atoms with Crippen LogP contribution >= 0.6 is 0 Å². The molecule has 1 N–H and O–H groups in total. The average Bonchev–Trinajstić information content (AvgIpc) is 2.76. The van der Waals surface area contributed by atoms with Crippen molar-refractivity contribution in [3.8, 4) is 0 Å². The molecule has 16 heavy (non-hydrogen) atoms. The second-order valence-electron chi connectivity index (χ2n) is 3.55. The van der Waals surface area contributed by atoms with Crippen LogP contribution in [0.1, 0.15) is 18.5 Å². The molecule has 4 heteroatoms. The van der Waals surface area contributed by atoms with Gasteiger partial charge < -0.3 is 9.73 Å². The van der Waals surface area contributed by atoms with Gasteiger partial charge in [0.2, 0.25) is 0 Å². The van der Waals surface area contributed by atoms with Gasteiger partial charge in [0.05, 0.1) is 24.3 Å². The molecule has 2 aromatic rings. The van der Waals surface area contributed by atoms with E-state index in [1.165, 1.54) is 6.26 Å². The van der Waals surface area contributed by atoms with Crippen LogP contribution in [0.4, 0.5) is 14.5 Å². The smallest absolute Gasteiger partial charge is 0.146 e.